The molecule has 9 nitrogen and oxygen atoms in total. The fraction of sp³-hybridized carbons (Fsp3) is 0.342. The van der Waals surface area contributed by atoms with Crippen molar-refractivity contribution in [3.63, 3.8) is 0 Å². The van der Waals surface area contributed by atoms with Gasteiger partial charge < -0.3 is 29.2 Å². The first-order valence-corrected chi connectivity index (χ1v) is 16.4. The molecule has 47 heavy (non-hydrogen) atoms. The number of imidazole rings is 1. The normalized spacial score (nSPS) is 14.5. The summed E-state index contributed by atoms with van der Waals surface area (Å²) >= 11 is 0. The molecule has 1 atom stereocenters. The van der Waals surface area contributed by atoms with E-state index in [1.54, 1.807) is 14.2 Å². The molecule has 3 aromatic carbocycles. The molecule has 5 aromatic rings. The average molecular weight is 633 g/mol. The maximum atomic E-state index is 13.3. The highest BCUT2D eigenvalue weighted by atomic mass is 16.5. The molecular weight excluding hydrogens is 588 g/mol. The van der Waals surface area contributed by atoms with Crippen molar-refractivity contribution >= 4 is 22.9 Å². The summed E-state index contributed by atoms with van der Waals surface area (Å²) in [4.78, 5) is 27.2. The number of likely N-dealkylation sites (N-methyl/N-ethyl adjacent to an activating group) is 1. The van der Waals surface area contributed by atoms with E-state index in [9.17, 15) is 4.79 Å². The minimum Gasteiger partial charge on any atom is -0.493 e. The van der Waals surface area contributed by atoms with E-state index in [2.05, 4.69) is 56.2 Å². The van der Waals surface area contributed by atoms with Crippen molar-refractivity contribution in [3.05, 3.63) is 114 Å². The number of carbonyl (C=O) groups excluding carboxylic acids is 1. The van der Waals surface area contributed by atoms with Crippen molar-refractivity contribution < 1.29 is 14.3 Å². The Morgan fingerprint density at radius 2 is 1.68 bits per heavy atom. The molecular formula is C38H44N6O3. The summed E-state index contributed by atoms with van der Waals surface area (Å²) in [5, 5.41) is 3.78. The Morgan fingerprint density at radius 1 is 0.936 bits per heavy atom. The Bertz CT molecular complexity index is 1750. The summed E-state index contributed by atoms with van der Waals surface area (Å²) in [5.41, 5.74) is 4.94. The number of pyridine rings is 1. The SMILES string of the molecule is COc1ccc(C(CCN2CCC(Nc3nc4ccccc4n3Cc3ccccn3)CC2)CN(C)C(=O)c2ccccc2)cc1OC. The molecule has 2 aromatic heterocycles. The number of nitrogens with one attached hydrogen (secondary N) is 1. The zero-order valence-electron chi connectivity index (χ0n) is 27.5. The summed E-state index contributed by atoms with van der Waals surface area (Å²) in [5.74, 6) is 2.46. The minimum absolute atomic E-state index is 0.0250. The lowest BCUT2D eigenvalue weighted by atomic mass is 9.93. The van der Waals surface area contributed by atoms with Crippen LogP contribution in [0, 0.1) is 0 Å². The van der Waals surface area contributed by atoms with Crippen LogP contribution in [0.5, 0.6) is 11.5 Å². The van der Waals surface area contributed by atoms with Gasteiger partial charge in [-0.3, -0.25) is 9.78 Å². The summed E-state index contributed by atoms with van der Waals surface area (Å²) in [7, 11) is 5.20. The van der Waals surface area contributed by atoms with Crippen molar-refractivity contribution in [2.24, 2.45) is 0 Å². The zero-order valence-corrected chi connectivity index (χ0v) is 27.5. The van der Waals surface area contributed by atoms with Crippen LogP contribution in [0.25, 0.3) is 11.0 Å². The number of hydrogen-bond acceptors (Lipinski definition) is 7. The maximum Gasteiger partial charge on any atom is 0.253 e. The van der Waals surface area contributed by atoms with Gasteiger partial charge in [-0.25, -0.2) is 4.98 Å². The highest BCUT2D eigenvalue weighted by molar-refractivity contribution is 5.94. The van der Waals surface area contributed by atoms with E-state index in [4.69, 9.17) is 14.5 Å². The van der Waals surface area contributed by atoms with Crippen LogP contribution in [0.2, 0.25) is 0 Å². The van der Waals surface area contributed by atoms with Crippen molar-refractivity contribution in [2.45, 2.75) is 37.8 Å². The molecule has 1 saturated heterocycles. The molecule has 1 aliphatic rings. The van der Waals surface area contributed by atoms with Crippen molar-refractivity contribution in [2.75, 3.05) is 52.8 Å². The lowest BCUT2D eigenvalue weighted by Gasteiger charge is -2.34. The molecule has 1 amide bonds. The molecule has 1 aliphatic heterocycles. The maximum absolute atomic E-state index is 13.3. The third kappa shape index (κ3) is 7.74. The van der Waals surface area contributed by atoms with Gasteiger partial charge in [0.1, 0.15) is 0 Å². The van der Waals surface area contributed by atoms with Crippen molar-refractivity contribution in [1.82, 2.24) is 24.3 Å². The third-order valence-electron chi connectivity index (χ3n) is 9.16. The van der Waals surface area contributed by atoms with Gasteiger partial charge in [0.25, 0.3) is 5.91 Å². The monoisotopic (exact) mass is 632 g/mol. The molecule has 1 unspecified atom stereocenters. The molecule has 1 N–H and O–H groups in total. The first kappa shape index (κ1) is 32.1. The van der Waals surface area contributed by atoms with E-state index in [0.717, 1.165) is 67.1 Å². The number of anilines is 1. The number of hydrogen-bond donors (Lipinski definition) is 1. The van der Waals surface area contributed by atoms with Crippen LogP contribution in [-0.4, -0.2) is 83.7 Å². The van der Waals surface area contributed by atoms with Crippen LogP contribution in [0.4, 0.5) is 5.95 Å². The number of aromatic nitrogens is 3. The topological polar surface area (TPSA) is 84.8 Å². The van der Waals surface area contributed by atoms with Crippen LogP contribution in [-0.2, 0) is 6.54 Å². The second-order valence-corrected chi connectivity index (χ2v) is 12.2. The number of likely N-dealkylation sites (tertiary alicyclic amines) is 1. The second kappa shape index (κ2) is 15.1. The third-order valence-corrected chi connectivity index (χ3v) is 9.16. The molecule has 0 spiro atoms. The number of rotatable bonds is 13. The van der Waals surface area contributed by atoms with Crippen LogP contribution in [0.15, 0.2) is 97.2 Å². The van der Waals surface area contributed by atoms with E-state index >= 15 is 0 Å². The van der Waals surface area contributed by atoms with Gasteiger partial charge in [-0.15, -0.1) is 0 Å². The summed E-state index contributed by atoms with van der Waals surface area (Å²) in [6.45, 7) is 4.21. The van der Waals surface area contributed by atoms with Crippen LogP contribution < -0.4 is 14.8 Å². The zero-order chi connectivity index (χ0) is 32.6. The van der Waals surface area contributed by atoms with Gasteiger partial charge in [0, 0.05) is 50.4 Å². The fourth-order valence-electron chi connectivity index (χ4n) is 6.51. The van der Waals surface area contributed by atoms with Crippen molar-refractivity contribution in [3.8, 4) is 11.5 Å². The van der Waals surface area contributed by atoms with Crippen molar-refractivity contribution in [1.29, 1.82) is 0 Å². The van der Waals surface area contributed by atoms with E-state index < -0.39 is 0 Å². The second-order valence-electron chi connectivity index (χ2n) is 12.2. The van der Waals surface area contributed by atoms with E-state index in [-0.39, 0.29) is 11.8 Å². The van der Waals surface area contributed by atoms with Gasteiger partial charge in [-0.1, -0.05) is 42.5 Å². The number of amides is 1. The first-order valence-electron chi connectivity index (χ1n) is 16.4. The molecule has 1 fully saturated rings. The number of carbonyl (C=O) groups is 1. The van der Waals surface area contributed by atoms with E-state index in [1.807, 2.05) is 72.7 Å². The van der Waals surface area contributed by atoms with Gasteiger partial charge in [0.2, 0.25) is 5.95 Å². The predicted molar refractivity (Wildman–Crippen MR) is 186 cm³/mol. The first-order chi connectivity index (χ1) is 23.0. The van der Waals surface area contributed by atoms with Gasteiger partial charge in [0.05, 0.1) is 37.5 Å². The van der Waals surface area contributed by atoms with Gasteiger partial charge in [0.15, 0.2) is 11.5 Å². The average Bonchev–Trinajstić information content (AvgIpc) is 3.46. The molecule has 0 bridgehead atoms. The highest BCUT2D eigenvalue weighted by Gasteiger charge is 2.25. The molecule has 244 valence electrons. The molecule has 3 heterocycles. The van der Waals surface area contributed by atoms with Gasteiger partial charge in [-0.2, -0.15) is 0 Å². The number of piperidine rings is 1. The quantitative estimate of drug-likeness (QED) is 0.163. The largest absolute Gasteiger partial charge is 0.493 e. The van der Waals surface area contributed by atoms with Crippen LogP contribution in [0.3, 0.4) is 0 Å². The predicted octanol–water partition coefficient (Wildman–Crippen LogP) is 6.32. The number of ether oxygens (including phenoxy) is 2. The Morgan fingerprint density at radius 3 is 2.43 bits per heavy atom. The Balaban J connectivity index is 1.11. The number of nitrogens with zero attached hydrogens (tertiary/aromatic N) is 5. The van der Waals surface area contributed by atoms with Gasteiger partial charge in [-0.05, 0) is 79.9 Å². The summed E-state index contributed by atoms with van der Waals surface area (Å²) in [6, 6.07) is 30.2. The number of methoxy groups -OCH3 is 2. The van der Waals surface area contributed by atoms with E-state index in [0.29, 0.717) is 36.2 Å². The molecule has 0 aliphatic carbocycles. The number of fused-ring (bicyclic) bond motifs is 1. The van der Waals surface area contributed by atoms with Gasteiger partial charge >= 0.3 is 0 Å². The summed E-state index contributed by atoms with van der Waals surface area (Å²) < 4.78 is 13.4. The molecule has 0 saturated carbocycles. The Kier molecular flexibility index (Phi) is 10.3. The Labute approximate surface area is 277 Å². The molecule has 0 radical (unpaired) electrons. The van der Waals surface area contributed by atoms with E-state index in [1.165, 1.54) is 0 Å². The lowest BCUT2D eigenvalue weighted by molar-refractivity contribution is 0.0782. The minimum atomic E-state index is 0.0250. The Hall–Kier alpha value is -4.89. The lowest BCUT2D eigenvalue weighted by Crippen LogP contribution is -2.40. The highest BCUT2D eigenvalue weighted by Crippen LogP contribution is 2.33. The molecule has 9 heteroatoms. The summed E-state index contributed by atoms with van der Waals surface area (Å²) in [6.07, 6.45) is 4.81. The van der Waals surface area contributed by atoms with Crippen LogP contribution >= 0.6 is 0 Å². The van der Waals surface area contributed by atoms with Crippen LogP contribution in [0.1, 0.15) is 46.8 Å². The molecule has 6 rings (SSSR count). The smallest absolute Gasteiger partial charge is 0.253 e. The fourth-order valence-corrected chi connectivity index (χ4v) is 6.51. The number of para-hydroxylation sites is 2. The standard InChI is InChI=1S/C38H44N6O3/c1-42(37(45)28-11-5-4-6-12-28)26-30(29-16-17-35(46-2)36(25-29)47-3)18-22-43-23-19-31(20-24-43)40-38-41-33-14-7-8-15-34(33)44(38)27-32-13-9-10-21-39-32/h4-17,21,25,30-31H,18-20,22-24,26-27H2,1-3H3,(H,40,41). The number of benzene rings is 3.